The number of hydrogen-bond donors (Lipinski definition) is 7. The summed E-state index contributed by atoms with van der Waals surface area (Å²) in [6, 6.07) is 0. The molecule has 2 saturated heterocycles. The Bertz CT molecular complexity index is 1480. The van der Waals surface area contributed by atoms with E-state index in [0.29, 0.717) is 38.5 Å². The van der Waals surface area contributed by atoms with Gasteiger partial charge in [0.25, 0.3) is 0 Å². The monoisotopic (exact) mass is 862 g/mol. The minimum atomic E-state index is -5.24. The zero-order valence-electron chi connectivity index (χ0n) is 35.2. The van der Waals surface area contributed by atoms with Crippen molar-refractivity contribution < 1.29 is 111 Å². The third kappa shape index (κ3) is 9.02. The molecule has 0 spiro atoms. The van der Waals surface area contributed by atoms with Gasteiger partial charge in [0.15, 0.2) is 12.6 Å². The van der Waals surface area contributed by atoms with E-state index in [4.69, 9.17) is 32.6 Å². The van der Waals surface area contributed by atoms with Crippen LogP contribution in [0, 0.1) is 46.3 Å². The van der Waals surface area contributed by atoms with E-state index >= 15 is 0 Å². The Hall–Kier alpha value is 0.350. The Morgan fingerprint density at radius 3 is 2.14 bits per heavy atom. The third-order valence-electron chi connectivity index (χ3n) is 15.4. The van der Waals surface area contributed by atoms with Gasteiger partial charge >= 0.3 is 29.6 Å². The first-order valence-electron chi connectivity index (χ1n) is 20.7. The fourth-order valence-corrected chi connectivity index (χ4v) is 13.2. The van der Waals surface area contributed by atoms with Crippen molar-refractivity contribution in [1.29, 1.82) is 0 Å². The number of methoxy groups -OCH3 is 2. The van der Waals surface area contributed by atoms with Crippen LogP contribution in [0.5, 0.6) is 0 Å². The summed E-state index contributed by atoms with van der Waals surface area (Å²) in [6.45, 7) is 9.58. The van der Waals surface area contributed by atoms with Gasteiger partial charge in [0.05, 0.1) is 49.3 Å². The topological polar surface area (TPSA) is 263 Å². The molecule has 7 N–H and O–H groups in total. The molecule has 0 aromatic heterocycles. The predicted molar refractivity (Wildman–Crippen MR) is 197 cm³/mol. The normalized spacial score (nSPS) is 49.1. The molecule has 21 atom stereocenters. The molecule has 0 amide bonds. The summed E-state index contributed by atoms with van der Waals surface area (Å²) < 4.78 is 76.3. The third-order valence-corrected chi connectivity index (χ3v) is 15.9. The van der Waals surface area contributed by atoms with Crippen molar-refractivity contribution in [2.24, 2.45) is 46.3 Å². The molecule has 2 heterocycles. The Kier molecular flexibility index (Phi) is 16.0. The molecule has 332 valence electrons. The summed E-state index contributed by atoms with van der Waals surface area (Å²) in [5.74, 6) is -2.08. The standard InChI is InChI=1S/C39H68O17S.Na/c1-18(2)23(53-36-33(30(44)25(16-40)54-36)55-35-32(51-7)31(45)26(50-6)17-52-35)9-8-19(3)20-14-22(42)34-37(20,4)13-11-27-38(5)12-10-21(41)29(43)28(38)24(15-39(27,34)46)56-57(47,48)49;/h18-36,40-46H,8-17H2,1-7H3,(H,47,48,49);/q;+1/p-1/t19?,20?,21?,22?,23-,24?,25+,26+,27?,28?,29?,30?,31?,32?,33?,34?,35+,36+,37+,38+,39?;/m0./s1. The Morgan fingerprint density at radius 1 is 0.862 bits per heavy atom. The first-order valence-corrected chi connectivity index (χ1v) is 22.0. The van der Waals surface area contributed by atoms with Gasteiger partial charge in [-0.05, 0) is 79.4 Å². The van der Waals surface area contributed by atoms with E-state index in [1.807, 2.05) is 20.8 Å². The van der Waals surface area contributed by atoms with Gasteiger partial charge in [-0.15, -0.1) is 0 Å². The van der Waals surface area contributed by atoms with Crippen molar-refractivity contribution >= 4 is 10.4 Å². The Morgan fingerprint density at radius 2 is 1.53 bits per heavy atom. The van der Waals surface area contributed by atoms with E-state index in [-0.39, 0.29) is 66.8 Å². The first kappa shape index (κ1) is 49.4. The van der Waals surface area contributed by atoms with E-state index in [2.05, 4.69) is 13.8 Å². The molecule has 0 aromatic carbocycles. The predicted octanol–water partition coefficient (Wildman–Crippen LogP) is -2.81. The summed E-state index contributed by atoms with van der Waals surface area (Å²) >= 11 is 0. The van der Waals surface area contributed by atoms with Crippen molar-refractivity contribution in [2.45, 2.75) is 171 Å². The van der Waals surface area contributed by atoms with Gasteiger partial charge in [-0.25, -0.2) is 8.42 Å². The minimum Gasteiger partial charge on any atom is -0.726 e. The van der Waals surface area contributed by atoms with Gasteiger partial charge < -0.3 is 68.7 Å². The summed E-state index contributed by atoms with van der Waals surface area (Å²) in [5.41, 5.74) is -3.07. The molecule has 0 aromatic rings. The number of aliphatic hydroxyl groups excluding tert-OH is 6. The molecular weight excluding hydrogens is 795 g/mol. The zero-order chi connectivity index (χ0) is 42.0. The van der Waals surface area contributed by atoms with E-state index in [9.17, 15) is 48.7 Å². The van der Waals surface area contributed by atoms with Crippen molar-refractivity contribution in [3.63, 3.8) is 0 Å². The van der Waals surface area contributed by atoms with Crippen LogP contribution in [0.1, 0.15) is 86.0 Å². The number of rotatable bonds is 14. The van der Waals surface area contributed by atoms with Crippen LogP contribution < -0.4 is 29.6 Å². The first-order chi connectivity index (χ1) is 26.6. The maximum absolute atomic E-state index is 12.8. The van der Waals surface area contributed by atoms with Crippen molar-refractivity contribution in [3.05, 3.63) is 0 Å². The fraction of sp³-hybridized carbons (Fsp3) is 1.00. The van der Waals surface area contributed by atoms with Gasteiger partial charge in [-0.1, -0.05) is 34.6 Å². The van der Waals surface area contributed by atoms with Crippen molar-refractivity contribution in [1.82, 2.24) is 0 Å². The number of hydrogen-bond acceptors (Lipinski definition) is 17. The van der Waals surface area contributed by atoms with Crippen molar-refractivity contribution in [3.8, 4) is 0 Å². The van der Waals surface area contributed by atoms with Gasteiger partial charge in [-0.2, -0.15) is 0 Å². The number of fused-ring (bicyclic) bond motifs is 5. The van der Waals surface area contributed by atoms with E-state index in [1.54, 1.807) is 0 Å². The molecule has 0 bridgehead atoms. The van der Waals surface area contributed by atoms with Crippen LogP contribution >= 0.6 is 0 Å². The molecule has 14 unspecified atom stereocenters. The molecule has 58 heavy (non-hydrogen) atoms. The number of aliphatic hydroxyl groups is 7. The smallest absolute Gasteiger partial charge is 0.726 e. The summed E-state index contributed by atoms with van der Waals surface area (Å²) in [6.07, 6.45) is -10.3. The van der Waals surface area contributed by atoms with Crippen LogP contribution in [0.15, 0.2) is 0 Å². The molecule has 6 rings (SSSR count). The molecule has 2 aliphatic heterocycles. The molecule has 17 nitrogen and oxygen atoms in total. The second-order valence-corrected chi connectivity index (χ2v) is 19.8. The molecular formula is C39H67NaO17S. The molecule has 4 saturated carbocycles. The van der Waals surface area contributed by atoms with Gasteiger partial charge in [0, 0.05) is 32.5 Å². The second kappa shape index (κ2) is 18.8. The minimum absolute atomic E-state index is 0. The quantitative estimate of drug-likeness (QED) is 0.0528. The molecule has 6 fully saturated rings. The molecule has 19 heteroatoms. The SMILES string of the molecule is COC1C(O)[C@H](OC)CO[C@@H]1OC1C(O)[C@@H](CO)O[C@H]1O[C@@H](CCC(C)C1CC(O)C2C3(O)CC(OS(=O)(=O)[O-])C4C(O)C(O)CC[C@]4(C)C3CC[C@]12C)C(C)C.[Na+]. The average molecular weight is 863 g/mol. The van der Waals surface area contributed by atoms with Gasteiger partial charge in [0.1, 0.15) is 36.6 Å². The van der Waals surface area contributed by atoms with Crippen LogP contribution in [0.3, 0.4) is 0 Å². The molecule has 4 aliphatic carbocycles. The van der Waals surface area contributed by atoms with Gasteiger partial charge in [0.2, 0.25) is 10.4 Å². The molecule has 6 aliphatic rings. The van der Waals surface area contributed by atoms with Crippen LogP contribution in [0.4, 0.5) is 0 Å². The Balaban J connectivity index is 0.00000641. The van der Waals surface area contributed by atoms with Crippen LogP contribution in [0.2, 0.25) is 0 Å². The fourth-order valence-electron chi connectivity index (χ4n) is 12.7. The summed E-state index contributed by atoms with van der Waals surface area (Å²) in [4.78, 5) is 0. The van der Waals surface area contributed by atoms with Gasteiger partial charge in [-0.3, -0.25) is 4.18 Å². The maximum Gasteiger partial charge on any atom is 1.00 e. The van der Waals surface area contributed by atoms with Crippen molar-refractivity contribution in [2.75, 3.05) is 27.4 Å². The summed E-state index contributed by atoms with van der Waals surface area (Å²) in [5, 5.41) is 78.4. The largest absolute Gasteiger partial charge is 1.00 e. The number of ether oxygens (including phenoxy) is 6. The Labute approximate surface area is 364 Å². The maximum atomic E-state index is 12.8. The molecule has 0 radical (unpaired) electrons. The van der Waals surface area contributed by atoms with E-state index in [1.165, 1.54) is 14.2 Å². The van der Waals surface area contributed by atoms with E-state index in [0.717, 1.165) is 0 Å². The van der Waals surface area contributed by atoms with E-state index < -0.39 is 131 Å². The van der Waals surface area contributed by atoms with Crippen LogP contribution in [0.25, 0.3) is 0 Å². The zero-order valence-corrected chi connectivity index (χ0v) is 38.0. The van der Waals surface area contributed by atoms with Crippen LogP contribution in [-0.4, -0.2) is 161 Å². The second-order valence-electron chi connectivity index (χ2n) is 18.8. The summed E-state index contributed by atoms with van der Waals surface area (Å²) in [7, 11) is -2.39. The van der Waals surface area contributed by atoms with Crippen LogP contribution in [-0.2, 0) is 43.0 Å². The average Bonchev–Trinajstić information content (AvgIpc) is 3.58.